The van der Waals surface area contributed by atoms with Crippen LogP contribution < -0.4 is 10.6 Å². The molecular formula is C22H24N2O4. The van der Waals surface area contributed by atoms with Gasteiger partial charge in [0.25, 0.3) is 11.8 Å². The van der Waals surface area contributed by atoms with Crippen LogP contribution in [0, 0.1) is 0 Å². The summed E-state index contributed by atoms with van der Waals surface area (Å²) in [6, 6.07) is 13.4. The molecule has 1 aliphatic carbocycles. The Morgan fingerprint density at radius 2 is 1.64 bits per heavy atom. The number of nitrogens with one attached hydrogen (secondary N) is 2. The first-order chi connectivity index (χ1) is 13.6. The minimum Gasteiger partial charge on any atom is -0.462 e. The SMILES string of the molecule is CCOC(=O)c1ccccc1NC(=O)c1cccc(C(=O)NC2CCCC2)c1. The van der Waals surface area contributed by atoms with Crippen molar-refractivity contribution in [3.8, 4) is 0 Å². The van der Waals surface area contributed by atoms with Crippen molar-refractivity contribution >= 4 is 23.5 Å². The molecule has 0 aromatic heterocycles. The second-order valence-electron chi connectivity index (χ2n) is 6.76. The first-order valence-electron chi connectivity index (χ1n) is 9.57. The van der Waals surface area contributed by atoms with E-state index in [0.717, 1.165) is 25.7 Å². The number of rotatable bonds is 6. The molecule has 3 rings (SSSR count). The zero-order chi connectivity index (χ0) is 19.9. The summed E-state index contributed by atoms with van der Waals surface area (Å²) in [5, 5.41) is 5.75. The molecule has 2 aromatic rings. The Morgan fingerprint density at radius 3 is 2.36 bits per heavy atom. The quantitative estimate of drug-likeness (QED) is 0.747. The number of amides is 2. The fourth-order valence-electron chi connectivity index (χ4n) is 3.31. The molecule has 0 aliphatic heterocycles. The maximum atomic E-state index is 12.7. The minimum atomic E-state index is -0.497. The van der Waals surface area contributed by atoms with E-state index in [1.54, 1.807) is 55.5 Å². The van der Waals surface area contributed by atoms with Crippen LogP contribution in [-0.4, -0.2) is 30.4 Å². The van der Waals surface area contributed by atoms with E-state index in [2.05, 4.69) is 10.6 Å². The van der Waals surface area contributed by atoms with Gasteiger partial charge in [0.2, 0.25) is 0 Å². The van der Waals surface area contributed by atoms with Crippen LogP contribution in [0.15, 0.2) is 48.5 Å². The number of benzene rings is 2. The summed E-state index contributed by atoms with van der Waals surface area (Å²) in [6.45, 7) is 1.97. The molecule has 146 valence electrons. The maximum Gasteiger partial charge on any atom is 0.340 e. The standard InChI is InChI=1S/C22H24N2O4/c1-2-28-22(27)18-12-5-6-13-19(18)24-21(26)16-9-7-8-15(14-16)20(25)23-17-10-3-4-11-17/h5-9,12-14,17H,2-4,10-11H2,1H3,(H,23,25)(H,24,26). The highest BCUT2D eigenvalue weighted by molar-refractivity contribution is 6.09. The Hall–Kier alpha value is -3.15. The number of esters is 1. The Morgan fingerprint density at radius 1 is 0.964 bits per heavy atom. The van der Waals surface area contributed by atoms with Crippen molar-refractivity contribution in [2.75, 3.05) is 11.9 Å². The Labute approximate surface area is 164 Å². The van der Waals surface area contributed by atoms with Gasteiger partial charge in [-0.1, -0.05) is 31.0 Å². The van der Waals surface area contributed by atoms with Gasteiger partial charge < -0.3 is 15.4 Å². The van der Waals surface area contributed by atoms with Crippen molar-refractivity contribution in [1.82, 2.24) is 5.32 Å². The number of hydrogen-bond acceptors (Lipinski definition) is 4. The van der Waals surface area contributed by atoms with Gasteiger partial charge >= 0.3 is 5.97 Å². The Balaban J connectivity index is 1.73. The van der Waals surface area contributed by atoms with Gasteiger partial charge in [-0.05, 0) is 50.1 Å². The van der Waals surface area contributed by atoms with Gasteiger partial charge in [-0.2, -0.15) is 0 Å². The predicted molar refractivity (Wildman–Crippen MR) is 107 cm³/mol. The highest BCUT2D eigenvalue weighted by Crippen LogP contribution is 2.19. The topological polar surface area (TPSA) is 84.5 Å². The summed E-state index contributed by atoms with van der Waals surface area (Å²) in [5.74, 6) is -1.07. The first-order valence-corrected chi connectivity index (χ1v) is 9.57. The summed E-state index contributed by atoms with van der Waals surface area (Å²) in [4.78, 5) is 37.2. The molecule has 1 saturated carbocycles. The largest absolute Gasteiger partial charge is 0.462 e. The van der Waals surface area contributed by atoms with Gasteiger partial charge in [0.1, 0.15) is 0 Å². The van der Waals surface area contributed by atoms with Gasteiger partial charge in [0, 0.05) is 17.2 Å². The molecular weight excluding hydrogens is 356 g/mol. The highest BCUT2D eigenvalue weighted by Gasteiger charge is 2.19. The molecule has 6 heteroatoms. The third-order valence-corrected chi connectivity index (χ3v) is 4.75. The van der Waals surface area contributed by atoms with E-state index in [1.807, 2.05) is 0 Å². The monoisotopic (exact) mass is 380 g/mol. The Kier molecular flexibility index (Phi) is 6.42. The number of para-hydroxylation sites is 1. The first kappa shape index (κ1) is 19.6. The summed E-state index contributed by atoms with van der Waals surface area (Å²) in [6.07, 6.45) is 4.26. The van der Waals surface area contributed by atoms with E-state index >= 15 is 0 Å². The number of ether oxygens (including phenoxy) is 1. The number of carbonyl (C=O) groups excluding carboxylic acids is 3. The van der Waals surface area contributed by atoms with Crippen molar-refractivity contribution in [2.24, 2.45) is 0 Å². The molecule has 0 unspecified atom stereocenters. The van der Waals surface area contributed by atoms with Crippen LogP contribution in [0.25, 0.3) is 0 Å². The van der Waals surface area contributed by atoms with Crippen LogP contribution in [0.2, 0.25) is 0 Å². The van der Waals surface area contributed by atoms with Gasteiger partial charge in [-0.15, -0.1) is 0 Å². The zero-order valence-electron chi connectivity index (χ0n) is 15.9. The van der Waals surface area contributed by atoms with E-state index in [-0.39, 0.29) is 24.1 Å². The van der Waals surface area contributed by atoms with Gasteiger partial charge in [-0.25, -0.2) is 4.79 Å². The molecule has 0 heterocycles. The molecule has 1 fully saturated rings. The minimum absolute atomic E-state index is 0.173. The predicted octanol–water partition coefficient (Wildman–Crippen LogP) is 3.79. The molecule has 2 amide bonds. The molecule has 2 aromatic carbocycles. The van der Waals surface area contributed by atoms with Crippen molar-refractivity contribution in [3.05, 3.63) is 65.2 Å². The lowest BCUT2D eigenvalue weighted by Crippen LogP contribution is -2.32. The molecule has 0 atom stereocenters. The summed E-state index contributed by atoms with van der Waals surface area (Å²) >= 11 is 0. The molecule has 0 bridgehead atoms. The summed E-state index contributed by atoms with van der Waals surface area (Å²) < 4.78 is 5.03. The third kappa shape index (κ3) is 4.76. The molecule has 1 aliphatic rings. The molecule has 0 radical (unpaired) electrons. The van der Waals surface area contributed by atoms with Crippen molar-refractivity contribution < 1.29 is 19.1 Å². The van der Waals surface area contributed by atoms with E-state index in [9.17, 15) is 14.4 Å². The lowest BCUT2D eigenvalue weighted by Gasteiger charge is -2.13. The van der Waals surface area contributed by atoms with Crippen molar-refractivity contribution in [3.63, 3.8) is 0 Å². The third-order valence-electron chi connectivity index (χ3n) is 4.75. The fraction of sp³-hybridized carbons (Fsp3) is 0.318. The fourth-order valence-corrected chi connectivity index (χ4v) is 3.31. The van der Waals surface area contributed by atoms with Crippen LogP contribution in [-0.2, 0) is 4.74 Å². The summed E-state index contributed by atoms with van der Waals surface area (Å²) in [5.41, 5.74) is 1.44. The average Bonchev–Trinajstić information content (AvgIpc) is 3.21. The van der Waals surface area contributed by atoms with Crippen molar-refractivity contribution in [1.29, 1.82) is 0 Å². The lowest BCUT2D eigenvalue weighted by atomic mass is 10.1. The van der Waals surface area contributed by atoms with Gasteiger partial charge in [0.15, 0.2) is 0 Å². The van der Waals surface area contributed by atoms with Gasteiger partial charge in [-0.3, -0.25) is 9.59 Å². The average molecular weight is 380 g/mol. The van der Waals surface area contributed by atoms with Crippen LogP contribution in [0.5, 0.6) is 0 Å². The van der Waals surface area contributed by atoms with E-state index in [1.165, 1.54) is 0 Å². The van der Waals surface area contributed by atoms with Gasteiger partial charge in [0.05, 0.1) is 17.9 Å². The zero-order valence-corrected chi connectivity index (χ0v) is 15.9. The number of carbonyl (C=O) groups is 3. The Bertz CT molecular complexity index is 872. The summed E-state index contributed by atoms with van der Waals surface area (Å²) in [7, 11) is 0. The normalized spacial score (nSPS) is 13.8. The van der Waals surface area contributed by atoms with Crippen LogP contribution in [0.3, 0.4) is 0 Å². The highest BCUT2D eigenvalue weighted by atomic mass is 16.5. The molecule has 2 N–H and O–H groups in total. The van der Waals surface area contributed by atoms with E-state index in [4.69, 9.17) is 4.74 Å². The van der Waals surface area contributed by atoms with Crippen LogP contribution in [0.1, 0.15) is 63.7 Å². The second-order valence-corrected chi connectivity index (χ2v) is 6.76. The lowest BCUT2D eigenvalue weighted by molar-refractivity contribution is 0.0527. The second kappa shape index (κ2) is 9.17. The number of hydrogen-bond donors (Lipinski definition) is 2. The maximum absolute atomic E-state index is 12.7. The van der Waals surface area contributed by atoms with Crippen LogP contribution >= 0.6 is 0 Å². The molecule has 28 heavy (non-hydrogen) atoms. The smallest absolute Gasteiger partial charge is 0.340 e. The number of anilines is 1. The van der Waals surface area contributed by atoms with Crippen LogP contribution in [0.4, 0.5) is 5.69 Å². The van der Waals surface area contributed by atoms with Crippen molar-refractivity contribution in [2.45, 2.75) is 38.6 Å². The molecule has 6 nitrogen and oxygen atoms in total. The molecule has 0 spiro atoms. The van der Waals surface area contributed by atoms with E-state index in [0.29, 0.717) is 16.8 Å². The molecule has 0 saturated heterocycles. The van der Waals surface area contributed by atoms with E-state index < -0.39 is 11.9 Å².